The van der Waals surface area contributed by atoms with E-state index < -0.39 is 54.2 Å². The van der Waals surface area contributed by atoms with Crippen molar-refractivity contribution in [1.82, 2.24) is 10.6 Å². The van der Waals surface area contributed by atoms with Gasteiger partial charge in [-0.1, -0.05) is 0 Å². The molecular weight excluding hydrogens is 316 g/mol. The Balaban J connectivity index is 2.96. The molecule has 1 rings (SSSR count). The van der Waals surface area contributed by atoms with Crippen LogP contribution >= 0.6 is 0 Å². The van der Waals surface area contributed by atoms with E-state index in [4.69, 9.17) is 14.9 Å². The molecule has 0 aromatic carbocycles. The Morgan fingerprint density at radius 2 is 1.91 bits per heavy atom. The minimum Gasteiger partial charge on any atom is -0.478 e. The number of carboxylic acids is 1. The topological polar surface area (TPSA) is 186 Å². The van der Waals surface area contributed by atoms with Crippen LogP contribution in [0.3, 0.4) is 0 Å². The summed E-state index contributed by atoms with van der Waals surface area (Å²) >= 11 is 0. The normalized spacial score (nSPS) is 26.3. The van der Waals surface area contributed by atoms with Crippen LogP contribution in [0, 0.1) is 0 Å². The van der Waals surface area contributed by atoms with Crippen molar-refractivity contribution >= 4 is 18.0 Å². The van der Waals surface area contributed by atoms with Crippen LogP contribution in [0.15, 0.2) is 11.8 Å². The van der Waals surface area contributed by atoms with Gasteiger partial charge in [-0.3, -0.25) is 4.79 Å². The van der Waals surface area contributed by atoms with Crippen LogP contribution in [0.25, 0.3) is 0 Å². The van der Waals surface area contributed by atoms with Gasteiger partial charge in [0.05, 0.1) is 0 Å². The maximum atomic E-state index is 10.9. The first-order valence-corrected chi connectivity index (χ1v) is 6.53. The summed E-state index contributed by atoms with van der Waals surface area (Å²) in [7, 11) is 0. The fourth-order valence-electron chi connectivity index (χ4n) is 2.01. The van der Waals surface area contributed by atoms with Crippen LogP contribution in [-0.2, 0) is 14.3 Å². The summed E-state index contributed by atoms with van der Waals surface area (Å²) in [5.74, 6) is -2.71. The summed E-state index contributed by atoms with van der Waals surface area (Å²) in [4.78, 5) is 32.5. The number of aliphatic carboxylic acids is 1. The van der Waals surface area contributed by atoms with Gasteiger partial charge in [0.15, 0.2) is 6.10 Å². The molecule has 7 N–H and O–H groups in total. The number of carboxylic acid groups (broad SMARTS) is 2. The fourth-order valence-corrected chi connectivity index (χ4v) is 2.01. The van der Waals surface area contributed by atoms with E-state index in [1.807, 2.05) is 5.32 Å². The summed E-state index contributed by atoms with van der Waals surface area (Å²) in [5.41, 5.74) is 0. The molecule has 11 heteroatoms. The van der Waals surface area contributed by atoms with Crippen LogP contribution in [0.2, 0.25) is 0 Å². The zero-order valence-corrected chi connectivity index (χ0v) is 12.0. The van der Waals surface area contributed by atoms with Crippen molar-refractivity contribution in [2.75, 3.05) is 6.54 Å². The Kier molecular flexibility index (Phi) is 6.30. The van der Waals surface area contributed by atoms with E-state index in [0.29, 0.717) is 0 Å². The van der Waals surface area contributed by atoms with Gasteiger partial charge in [-0.25, -0.2) is 9.59 Å². The van der Waals surface area contributed by atoms with Crippen molar-refractivity contribution in [3.8, 4) is 0 Å². The summed E-state index contributed by atoms with van der Waals surface area (Å²) in [6.07, 6.45) is -7.32. The number of hydrogen-bond acceptors (Lipinski definition) is 7. The Labute approximate surface area is 130 Å². The first-order chi connectivity index (χ1) is 10.6. The number of amides is 2. The van der Waals surface area contributed by atoms with Crippen molar-refractivity contribution in [3.05, 3.63) is 11.8 Å². The molecule has 130 valence electrons. The van der Waals surface area contributed by atoms with Gasteiger partial charge in [0.2, 0.25) is 11.7 Å². The highest BCUT2D eigenvalue weighted by atomic mass is 16.5. The van der Waals surface area contributed by atoms with E-state index in [0.717, 1.165) is 6.08 Å². The van der Waals surface area contributed by atoms with E-state index in [1.165, 1.54) is 6.92 Å². The highest BCUT2D eigenvalue weighted by Crippen LogP contribution is 2.22. The smallest absolute Gasteiger partial charge is 0.405 e. The lowest BCUT2D eigenvalue weighted by Crippen LogP contribution is -2.60. The average Bonchev–Trinajstić information content (AvgIpc) is 2.45. The number of carbonyl (C=O) groups is 3. The molecule has 11 nitrogen and oxygen atoms in total. The number of carbonyl (C=O) groups excluding carboxylic acids is 1. The second-order valence-corrected chi connectivity index (χ2v) is 4.88. The Hall–Kier alpha value is -2.37. The van der Waals surface area contributed by atoms with Crippen LogP contribution in [0.5, 0.6) is 0 Å². The molecule has 0 spiro atoms. The third kappa shape index (κ3) is 5.09. The molecule has 0 saturated carbocycles. The highest BCUT2D eigenvalue weighted by Gasteiger charge is 2.43. The van der Waals surface area contributed by atoms with Gasteiger partial charge in [0.25, 0.3) is 0 Å². The molecule has 1 heterocycles. The maximum Gasteiger partial charge on any atom is 0.405 e. The minimum atomic E-state index is -1.78. The summed E-state index contributed by atoms with van der Waals surface area (Å²) < 4.78 is 4.97. The molecule has 0 fully saturated rings. The Morgan fingerprint density at radius 3 is 2.39 bits per heavy atom. The molecule has 23 heavy (non-hydrogen) atoms. The van der Waals surface area contributed by atoms with Crippen LogP contribution in [-0.4, -0.2) is 80.5 Å². The average molecular weight is 334 g/mol. The number of hydrogen-bond donors (Lipinski definition) is 7. The first kappa shape index (κ1) is 18.7. The minimum absolute atomic E-state index is 0.377. The lowest BCUT2D eigenvalue weighted by molar-refractivity contribution is -0.146. The fraction of sp³-hybridized carbons (Fsp3) is 0.583. The summed E-state index contributed by atoms with van der Waals surface area (Å²) in [6.45, 7) is 0.804. The summed E-state index contributed by atoms with van der Waals surface area (Å²) in [5, 5.41) is 51.5. The molecule has 0 saturated heterocycles. The maximum absolute atomic E-state index is 10.9. The Morgan fingerprint density at radius 1 is 1.30 bits per heavy atom. The van der Waals surface area contributed by atoms with Gasteiger partial charge in [0, 0.05) is 13.5 Å². The molecule has 2 amide bonds. The molecule has 0 bridgehead atoms. The van der Waals surface area contributed by atoms with E-state index in [-0.39, 0.29) is 6.54 Å². The Bertz CT molecular complexity index is 507. The molecular formula is C12H18N2O9. The number of aliphatic hydroxyl groups excluding tert-OH is 3. The van der Waals surface area contributed by atoms with Gasteiger partial charge >= 0.3 is 12.1 Å². The molecule has 0 aromatic heterocycles. The second-order valence-electron chi connectivity index (χ2n) is 4.88. The van der Waals surface area contributed by atoms with Gasteiger partial charge in [-0.05, 0) is 6.08 Å². The van der Waals surface area contributed by atoms with E-state index in [1.54, 1.807) is 0 Å². The first-order valence-electron chi connectivity index (χ1n) is 6.53. The van der Waals surface area contributed by atoms with Crippen LogP contribution < -0.4 is 10.6 Å². The van der Waals surface area contributed by atoms with E-state index in [2.05, 4.69) is 5.32 Å². The number of ether oxygens (including phenoxy) is 1. The molecule has 0 aliphatic carbocycles. The molecule has 0 aromatic rings. The zero-order chi connectivity index (χ0) is 17.7. The summed E-state index contributed by atoms with van der Waals surface area (Å²) in [6, 6.07) is -1.42. The van der Waals surface area contributed by atoms with Crippen molar-refractivity contribution in [2.45, 2.75) is 37.4 Å². The number of rotatable bonds is 6. The predicted octanol–water partition coefficient (Wildman–Crippen LogP) is -2.79. The third-order valence-corrected chi connectivity index (χ3v) is 3.10. The highest BCUT2D eigenvalue weighted by molar-refractivity contribution is 5.84. The van der Waals surface area contributed by atoms with E-state index in [9.17, 15) is 29.7 Å². The van der Waals surface area contributed by atoms with Crippen molar-refractivity contribution in [2.24, 2.45) is 0 Å². The lowest BCUT2D eigenvalue weighted by atomic mass is 9.93. The third-order valence-electron chi connectivity index (χ3n) is 3.10. The van der Waals surface area contributed by atoms with Gasteiger partial charge in [-0.15, -0.1) is 0 Å². The van der Waals surface area contributed by atoms with Gasteiger partial charge in [0.1, 0.15) is 24.4 Å². The second kappa shape index (κ2) is 7.76. The standard InChI is InChI=1S/C12H18N2O9/c1-4(15)13-3-6(17)9(18)10-8(14-12(21)22)5(16)2-7(23-10)11(19)20/h2,5-6,8-10,14,16-18H,3H2,1H3,(H,13,15)(H,19,20)(H,21,22)/t5-,6-,8+,9-,10+/m0/s1. The zero-order valence-electron chi connectivity index (χ0n) is 12.0. The largest absolute Gasteiger partial charge is 0.478 e. The van der Waals surface area contributed by atoms with Crippen molar-refractivity contribution in [1.29, 1.82) is 0 Å². The van der Waals surface area contributed by atoms with Crippen molar-refractivity contribution < 1.29 is 44.7 Å². The molecule has 0 radical (unpaired) electrons. The predicted molar refractivity (Wildman–Crippen MR) is 72.2 cm³/mol. The molecule has 1 aliphatic heterocycles. The lowest BCUT2D eigenvalue weighted by Gasteiger charge is -2.37. The number of nitrogens with one attached hydrogen (secondary N) is 2. The van der Waals surface area contributed by atoms with Crippen LogP contribution in [0.1, 0.15) is 6.92 Å². The molecule has 1 aliphatic rings. The SMILES string of the molecule is CC(=O)NC[C@H](O)[C@H](O)[C@@H]1OC(C(=O)O)=C[C@H](O)[C@H]1NC(=O)O. The number of aliphatic hydroxyl groups is 3. The van der Waals surface area contributed by atoms with Crippen LogP contribution in [0.4, 0.5) is 4.79 Å². The van der Waals surface area contributed by atoms with E-state index >= 15 is 0 Å². The quantitative estimate of drug-likeness (QED) is 0.269. The van der Waals surface area contributed by atoms with Gasteiger partial charge < -0.3 is 40.9 Å². The molecule has 5 atom stereocenters. The van der Waals surface area contributed by atoms with Crippen molar-refractivity contribution in [3.63, 3.8) is 0 Å². The van der Waals surface area contributed by atoms with Gasteiger partial charge in [-0.2, -0.15) is 0 Å². The molecule has 0 unspecified atom stereocenters. The monoisotopic (exact) mass is 334 g/mol.